The van der Waals surface area contributed by atoms with Crippen molar-refractivity contribution in [2.24, 2.45) is 5.92 Å². The van der Waals surface area contributed by atoms with Crippen molar-refractivity contribution in [3.63, 3.8) is 0 Å². The van der Waals surface area contributed by atoms with Gasteiger partial charge in [-0.1, -0.05) is 27.2 Å². The van der Waals surface area contributed by atoms with E-state index >= 15 is 0 Å². The van der Waals surface area contributed by atoms with Crippen LogP contribution in [-0.4, -0.2) is 52.3 Å². The highest BCUT2D eigenvalue weighted by Crippen LogP contribution is 2.22. The van der Waals surface area contributed by atoms with Crippen LogP contribution in [0.5, 0.6) is 0 Å². The second kappa shape index (κ2) is 7.99. The van der Waals surface area contributed by atoms with Crippen LogP contribution in [0.4, 0.5) is 4.79 Å². The third kappa shape index (κ3) is 6.01. The van der Waals surface area contributed by atoms with Gasteiger partial charge in [-0.05, 0) is 33.1 Å². The maximum Gasteiger partial charge on any atom is 0.411 e. The second-order valence-electron chi connectivity index (χ2n) is 7.69. The molecule has 6 nitrogen and oxygen atoms in total. The zero-order chi connectivity index (χ0) is 17.8. The van der Waals surface area contributed by atoms with Gasteiger partial charge in [-0.3, -0.25) is 9.69 Å². The van der Waals surface area contributed by atoms with E-state index in [1.165, 1.54) is 4.90 Å². The van der Waals surface area contributed by atoms with Gasteiger partial charge in [0.2, 0.25) is 5.91 Å². The third-order valence-corrected chi connectivity index (χ3v) is 3.94. The van der Waals surface area contributed by atoms with Crippen molar-refractivity contribution in [3.05, 3.63) is 0 Å². The summed E-state index contributed by atoms with van der Waals surface area (Å²) in [7, 11) is 0. The quantitative estimate of drug-likeness (QED) is 0.811. The van der Waals surface area contributed by atoms with Crippen molar-refractivity contribution >= 4 is 12.0 Å². The van der Waals surface area contributed by atoms with Gasteiger partial charge >= 0.3 is 6.09 Å². The van der Waals surface area contributed by atoms with E-state index in [1.54, 1.807) is 20.8 Å². The normalized spacial score (nSPS) is 23.0. The predicted molar refractivity (Wildman–Crippen MR) is 89.0 cm³/mol. The van der Waals surface area contributed by atoms with Gasteiger partial charge in [0.05, 0.1) is 12.6 Å². The zero-order valence-electron chi connectivity index (χ0n) is 15.3. The SMILES string of the molecule is CCC[C@@H](NC(=O)C1CC(O)CN1C(=O)OC(C)(C)C)C(C)C. The van der Waals surface area contributed by atoms with Crippen LogP contribution < -0.4 is 5.32 Å². The van der Waals surface area contributed by atoms with E-state index < -0.39 is 23.8 Å². The Morgan fingerprint density at radius 2 is 1.96 bits per heavy atom. The van der Waals surface area contributed by atoms with E-state index in [2.05, 4.69) is 26.1 Å². The van der Waals surface area contributed by atoms with Crippen molar-refractivity contribution in [1.29, 1.82) is 0 Å². The Labute approximate surface area is 139 Å². The lowest BCUT2D eigenvalue weighted by Gasteiger charge is -2.29. The number of aliphatic hydroxyl groups excluding tert-OH is 1. The molecule has 1 saturated heterocycles. The number of hydrogen-bond donors (Lipinski definition) is 2. The van der Waals surface area contributed by atoms with Crippen LogP contribution in [0.25, 0.3) is 0 Å². The first-order valence-corrected chi connectivity index (χ1v) is 8.53. The van der Waals surface area contributed by atoms with E-state index in [-0.39, 0.29) is 24.9 Å². The number of ether oxygens (including phenoxy) is 1. The zero-order valence-corrected chi connectivity index (χ0v) is 15.3. The van der Waals surface area contributed by atoms with Crippen LogP contribution >= 0.6 is 0 Å². The average molecular weight is 328 g/mol. The molecule has 2 amide bonds. The Hall–Kier alpha value is -1.30. The highest BCUT2D eigenvalue weighted by Gasteiger charge is 2.41. The molecular weight excluding hydrogens is 296 g/mol. The molecule has 0 aromatic rings. The second-order valence-corrected chi connectivity index (χ2v) is 7.69. The summed E-state index contributed by atoms with van der Waals surface area (Å²) in [5.41, 5.74) is -0.631. The Bertz CT molecular complexity index is 417. The summed E-state index contributed by atoms with van der Waals surface area (Å²) in [5.74, 6) is 0.111. The molecule has 0 bridgehead atoms. The first-order chi connectivity index (χ1) is 10.5. The Morgan fingerprint density at radius 1 is 1.35 bits per heavy atom. The number of rotatable bonds is 5. The maximum absolute atomic E-state index is 12.6. The van der Waals surface area contributed by atoms with E-state index in [0.717, 1.165) is 12.8 Å². The van der Waals surface area contributed by atoms with Crippen LogP contribution in [0.2, 0.25) is 0 Å². The monoisotopic (exact) mass is 328 g/mol. The Balaban J connectivity index is 2.78. The van der Waals surface area contributed by atoms with E-state index in [9.17, 15) is 14.7 Å². The van der Waals surface area contributed by atoms with Gasteiger partial charge in [-0.2, -0.15) is 0 Å². The van der Waals surface area contributed by atoms with Crippen LogP contribution in [0, 0.1) is 5.92 Å². The first kappa shape index (κ1) is 19.7. The molecule has 0 aliphatic carbocycles. The predicted octanol–water partition coefficient (Wildman–Crippen LogP) is 2.30. The molecule has 0 radical (unpaired) electrons. The lowest BCUT2D eigenvalue weighted by Crippen LogP contribution is -2.50. The number of nitrogens with one attached hydrogen (secondary N) is 1. The number of amides is 2. The molecule has 1 aliphatic heterocycles. The van der Waals surface area contributed by atoms with Gasteiger partial charge in [0.1, 0.15) is 11.6 Å². The van der Waals surface area contributed by atoms with Crippen LogP contribution in [0.1, 0.15) is 60.8 Å². The Kier molecular flexibility index (Phi) is 6.86. The lowest BCUT2D eigenvalue weighted by molar-refractivity contribution is -0.126. The molecular formula is C17H32N2O4. The number of β-amino-alcohol motifs (C(OH)–C–C–N with tert-alkyl or cyclic N) is 1. The summed E-state index contributed by atoms with van der Waals surface area (Å²) in [6, 6.07) is -0.594. The molecule has 1 fully saturated rings. The minimum Gasteiger partial charge on any atom is -0.444 e. The summed E-state index contributed by atoms with van der Waals surface area (Å²) < 4.78 is 5.35. The molecule has 1 heterocycles. The van der Waals surface area contributed by atoms with Gasteiger partial charge in [0.15, 0.2) is 0 Å². The van der Waals surface area contributed by atoms with E-state index in [1.807, 2.05) is 0 Å². The van der Waals surface area contributed by atoms with Crippen LogP contribution in [-0.2, 0) is 9.53 Å². The number of carbonyl (C=O) groups excluding carboxylic acids is 2. The molecule has 6 heteroatoms. The van der Waals surface area contributed by atoms with Crippen molar-refractivity contribution in [1.82, 2.24) is 10.2 Å². The molecule has 0 aromatic heterocycles. The number of carbonyl (C=O) groups is 2. The average Bonchev–Trinajstić information content (AvgIpc) is 2.78. The molecule has 2 unspecified atom stereocenters. The minimum absolute atomic E-state index is 0.0747. The van der Waals surface area contributed by atoms with Crippen molar-refractivity contribution in [2.75, 3.05) is 6.54 Å². The minimum atomic E-state index is -0.693. The molecule has 134 valence electrons. The largest absolute Gasteiger partial charge is 0.444 e. The third-order valence-electron chi connectivity index (χ3n) is 3.94. The summed E-state index contributed by atoms with van der Waals surface area (Å²) in [5, 5.41) is 12.9. The fourth-order valence-electron chi connectivity index (χ4n) is 2.75. The highest BCUT2D eigenvalue weighted by molar-refractivity contribution is 5.86. The molecule has 3 atom stereocenters. The molecule has 1 rings (SSSR count). The number of hydrogen-bond acceptors (Lipinski definition) is 4. The van der Waals surface area contributed by atoms with Gasteiger partial charge in [-0.25, -0.2) is 4.79 Å². The van der Waals surface area contributed by atoms with Crippen LogP contribution in [0.3, 0.4) is 0 Å². The summed E-state index contributed by atoms with van der Waals surface area (Å²) in [6.45, 7) is 11.7. The van der Waals surface area contributed by atoms with E-state index in [4.69, 9.17) is 4.74 Å². The molecule has 23 heavy (non-hydrogen) atoms. The van der Waals surface area contributed by atoms with Gasteiger partial charge in [-0.15, -0.1) is 0 Å². The fraction of sp³-hybridized carbons (Fsp3) is 0.882. The first-order valence-electron chi connectivity index (χ1n) is 8.53. The number of aliphatic hydroxyl groups is 1. The van der Waals surface area contributed by atoms with Gasteiger partial charge < -0.3 is 15.2 Å². The van der Waals surface area contributed by atoms with Crippen LogP contribution in [0.15, 0.2) is 0 Å². The van der Waals surface area contributed by atoms with Crippen molar-refractivity contribution in [3.8, 4) is 0 Å². The number of likely N-dealkylation sites (tertiary alicyclic amines) is 1. The van der Waals surface area contributed by atoms with Gasteiger partial charge in [0, 0.05) is 12.5 Å². The van der Waals surface area contributed by atoms with Gasteiger partial charge in [0.25, 0.3) is 0 Å². The summed E-state index contributed by atoms with van der Waals surface area (Å²) >= 11 is 0. The van der Waals surface area contributed by atoms with Crippen molar-refractivity contribution < 1.29 is 19.4 Å². The van der Waals surface area contributed by atoms with E-state index in [0.29, 0.717) is 5.92 Å². The maximum atomic E-state index is 12.6. The molecule has 1 aliphatic rings. The number of nitrogens with zero attached hydrogens (tertiary/aromatic N) is 1. The Morgan fingerprint density at radius 3 is 2.43 bits per heavy atom. The lowest BCUT2D eigenvalue weighted by atomic mass is 9.99. The fourth-order valence-corrected chi connectivity index (χ4v) is 2.75. The smallest absolute Gasteiger partial charge is 0.411 e. The topological polar surface area (TPSA) is 78.9 Å². The summed E-state index contributed by atoms with van der Waals surface area (Å²) in [4.78, 5) is 26.2. The standard InChI is InChI=1S/C17H32N2O4/c1-7-8-13(11(2)3)18-15(21)14-9-12(20)10-19(14)16(22)23-17(4,5)6/h11-14,20H,7-10H2,1-6H3,(H,18,21)/t12?,13-,14?/m1/s1. The molecule has 0 saturated carbocycles. The van der Waals surface area contributed by atoms with Crippen molar-refractivity contribution in [2.45, 2.75) is 84.6 Å². The highest BCUT2D eigenvalue weighted by atomic mass is 16.6. The molecule has 2 N–H and O–H groups in total. The molecule has 0 spiro atoms. The molecule has 0 aromatic carbocycles. The summed E-state index contributed by atoms with van der Waals surface area (Å²) in [6.07, 6.45) is 0.881.